The Labute approximate surface area is 166 Å². The third-order valence-electron chi connectivity index (χ3n) is 4.20. The highest BCUT2D eigenvalue weighted by molar-refractivity contribution is 5.51. The SMILES string of the molecule is C=C.C=C(OC)/C(F)=C(/F)C(=C)C(C)CCC(C)/C=C/c1ccc(O)c(F)c1. The minimum absolute atomic E-state index is 0.0671. The van der Waals surface area contributed by atoms with Crippen LogP contribution in [0.5, 0.6) is 5.75 Å². The van der Waals surface area contributed by atoms with Gasteiger partial charge in [0.05, 0.1) is 7.11 Å². The minimum Gasteiger partial charge on any atom is -0.505 e. The molecule has 0 heterocycles. The first kappa shape index (κ1) is 25.3. The summed E-state index contributed by atoms with van der Waals surface area (Å²) < 4.78 is 45.6. The van der Waals surface area contributed by atoms with Crippen molar-refractivity contribution >= 4 is 6.08 Å². The fourth-order valence-electron chi connectivity index (χ4n) is 2.25. The van der Waals surface area contributed by atoms with Gasteiger partial charge in [0.15, 0.2) is 23.2 Å². The van der Waals surface area contributed by atoms with E-state index in [1.165, 1.54) is 19.2 Å². The summed E-state index contributed by atoms with van der Waals surface area (Å²) in [6.45, 7) is 16.7. The van der Waals surface area contributed by atoms with Crippen LogP contribution in [0.3, 0.4) is 0 Å². The van der Waals surface area contributed by atoms with Gasteiger partial charge in [-0.1, -0.05) is 45.2 Å². The van der Waals surface area contributed by atoms with Gasteiger partial charge in [0.25, 0.3) is 0 Å². The molecule has 1 N–H and O–H groups in total. The summed E-state index contributed by atoms with van der Waals surface area (Å²) in [5.74, 6) is -3.71. The van der Waals surface area contributed by atoms with Gasteiger partial charge >= 0.3 is 0 Å². The first-order valence-corrected chi connectivity index (χ1v) is 8.81. The van der Waals surface area contributed by atoms with Crippen LogP contribution in [0.25, 0.3) is 6.08 Å². The Kier molecular flexibility index (Phi) is 11.4. The molecular weight excluding hydrogens is 365 g/mol. The summed E-state index contributed by atoms with van der Waals surface area (Å²) >= 11 is 0. The summed E-state index contributed by atoms with van der Waals surface area (Å²) in [7, 11) is 1.22. The van der Waals surface area contributed by atoms with Gasteiger partial charge in [-0.05, 0) is 47.9 Å². The monoisotopic (exact) mass is 394 g/mol. The quantitative estimate of drug-likeness (QED) is 0.271. The zero-order valence-corrected chi connectivity index (χ0v) is 16.8. The summed E-state index contributed by atoms with van der Waals surface area (Å²) in [5, 5.41) is 9.17. The lowest BCUT2D eigenvalue weighted by Crippen LogP contribution is -2.04. The highest BCUT2D eigenvalue weighted by atomic mass is 19.2. The predicted octanol–water partition coefficient (Wildman–Crippen LogP) is 7.27. The second-order valence-electron chi connectivity index (χ2n) is 6.31. The van der Waals surface area contributed by atoms with Crippen molar-refractivity contribution in [3.8, 4) is 5.75 Å². The highest BCUT2D eigenvalue weighted by Gasteiger charge is 2.18. The molecule has 0 amide bonds. The molecule has 0 radical (unpaired) electrons. The summed E-state index contributed by atoms with van der Waals surface area (Å²) in [4.78, 5) is 0. The van der Waals surface area contributed by atoms with E-state index in [2.05, 4.69) is 31.1 Å². The number of halogens is 3. The second kappa shape index (κ2) is 12.7. The molecule has 1 rings (SSSR count). The molecule has 2 atom stereocenters. The van der Waals surface area contributed by atoms with Crippen LogP contribution in [0.15, 0.2) is 73.6 Å². The number of phenolic OH excluding ortho intramolecular Hbond substituents is 1. The molecule has 1 aromatic carbocycles. The number of methoxy groups -OCH3 is 1. The lowest BCUT2D eigenvalue weighted by atomic mass is 9.91. The van der Waals surface area contributed by atoms with Crippen molar-refractivity contribution in [1.82, 2.24) is 0 Å². The number of allylic oxidation sites excluding steroid dienone is 4. The molecule has 0 bridgehead atoms. The molecule has 0 saturated heterocycles. The number of rotatable bonds is 9. The molecule has 154 valence electrons. The molecule has 28 heavy (non-hydrogen) atoms. The van der Waals surface area contributed by atoms with E-state index < -0.39 is 17.5 Å². The Bertz CT molecular complexity index is 735. The van der Waals surface area contributed by atoms with Gasteiger partial charge in [-0.2, -0.15) is 4.39 Å². The standard InChI is InChI=1S/C21H25F3O2.C2H4/c1-13(7-9-17-10-11-19(25)18(22)12-17)6-8-14(2)15(3)20(23)21(24)16(4)26-5;1-2/h7,9-14,25H,3-4,6,8H2,1-2,5H3;1-2H2/b9-7+,21-20-;. The molecule has 2 unspecified atom stereocenters. The van der Waals surface area contributed by atoms with Crippen LogP contribution in [0.1, 0.15) is 32.3 Å². The number of ether oxygens (including phenoxy) is 1. The van der Waals surface area contributed by atoms with E-state index in [0.717, 1.165) is 6.42 Å². The average molecular weight is 394 g/mol. The zero-order valence-electron chi connectivity index (χ0n) is 16.8. The van der Waals surface area contributed by atoms with Crippen LogP contribution in [0.2, 0.25) is 0 Å². The van der Waals surface area contributed by atoms with E-state index in [4.69, 9.17) is 0 Å². The molecular formula is C23H29F3O2. The van der Waals surface area contributed by atoms with E-state index in [-0.39, 0.29) is 28.9 Å². The maximum atomic E-state index is 14.0. The first-order chi connectivity index (χ1) is 13.2. The molecule has 0 aromatic heterocycles. The molecule has 1 aromatic rings. The second-order valence-corrected chi connectivity index (χ2v) is 6.31. The lowest BCUT2D eigenvalue weighted by Gasteiger charge is -2.16. The maximum absolute atomic E-state index is 14.0. The maximum Gasteiger partial charge on any atom is 0.200 e. The number of hydrogen-bond donors (Lipinski definition) is 1. The topological polar surface area (TPSA) is 29.5 Å². The fraction of sp³-hybridized carbons (Fsp3) is 0.304. The van der Waals surface area contributed by atoms with Gasteiger partial charge in [-0.25, -0.2) is 8.78 Å². The van der Waals surface area contributed by atoms with E-state index >= 15 is 0 Å². The highest BCUT2D eigenvalue weighted by Crippen LogP contribution is 2.30. The Morgan fingerprint density at radius 2 is 1.75 bits per heavy atom. The van der Waals surface area contributed by atoms with Crippen LogP contribution in [0.4, 0.5) is 13.2 Å². The van der Waals surface area contributed by atoms with Crippen molar-refractivity contribution in [2.75, 3.05) is 7.11 Å². The van der Waals surface area contributed by atoms with Crippen molar-refractivity contribution in [2.45, 2.75) is 26.7 Å². The van der Waals surface area contributed by atoms with Crippen molar-refractivity contribution < 1.29 is 23.0 Å². The Hall–Kier alpha value is -2.69. The third-order valence-corrected chi connectivity index (χ3v) is 4.20. The molecule has 0 fully saturated rings. The van der Waals surface area contributed by atoms with Crippen LogP contribution in [-0.2, 0) is 4.74 Å². The number of phenols is 1. The van der Waals surface area contributed by atoms with Crippen LogP contribution in [0, 0.1) is 17.7 Å². The van der Waals surface area contributed by atoms with Crippen molar-refractivity contribution in [1.29, 1.82) is 0 Å². The Morgan fingerprint density at radius 3 is 2.29 bits per heavy atom. The summed E-state index contributed by atoms with van der Waals surface area (Å²) in [6, 6.07) is 4.15. The molecule has 0 aliphatic carbocycles. The zero-order chi connectivity index (χ0) is 21.9. The smallest absolute Gasteiger partial charge is 0.200 e. The van der Waals surface area contributed by atoms with Crippen LogP contribution in [-0.4, -0.2) is 12.2 Å². The molecule has 0 aliphatic heterocycles. The number of aromatic hydroxyl groups is 1. The Balaban J connectivity index is 0.00000352. The number of hydrogen-bond acceptors (Lipinski definition) is 2. The van der Waals surface area contributed by atoms with Crippen LogP contribution >= 0.6 is 0 Å². The van der Waals surface area contributed by atoms with Gasteiger partial charge in [0.2, 0.25) is 0 Å². The fourth-order valence-corrected chi connectivity index (χ4v) is 2.25. The predicted molar refractivity (Wildman–Crippen MR) is 110 cm³/mol. The van der Waals surface area contributed by atoms with E-state index in [1.54, 1.807) is 19.1 Å². The van der Waals surface area contributed by atoms with Crippen molar-refractivity contribution in [3.05, 3.63) is 85.0 Å². The van der Waals surface area contributed by atoms with Gasteiger partial charge in [-0.3, -0.25) is 0 Å². The molecule has 0 spiro atoms. The van der Waals surface area contributed by atoms with Crippen LogP contribution < -0.4 is 0 Å². The summed E-state index contributed by atoms with van der Waals surface area (Å²) in [5.41, 5.74) is 0.705. The van der Waals surface area contributed by atoms with E-state index in [0.29, 0.717) is 12.0 Å². The van der Waals surface area contributed by atoms with Gasteiger partial charge in [0.1, 0.15) is 5.76 Å². The van der Waals surface area contributed by atoms with Gasteiger partial charge in [-0.15, -0.1) is 13.2 Å². The van der Waals surface area contributed by atoms with E-state index in [1.807, 2.05) is 13.0 Å². The van der Waals surface area contributed by atoms with Crippen molar-refractivity contribution in [3.63, 3.8) is 0 Å². The summed E-state index contributed by atoms with van der Waals surface area (Å²) in [6.07, 6.45) is 4.99. The normalized spacial score (nSPS) is 13.8. The lowest BCUT2D eigenvalue weighted by molar-refractivity contribution is 0.280. The molecule has 0 saturated carbocycles. The first-order valence-electron chi connectivity index (χ1n) is 8.81. The molecule has 2 nitrogen and oxygen atoms in total. The van der Waals surface area contributed by atoms with E-state index in [9.17, 15) is 18.3 Å². The van der Waals surface area contributed by atoms with Gasteiger partial charge in [0, 0.05) is 0 Å². The third kappa shape index (κ3) is 7.91. The number of benzene rings is 1. The minimum atomic E-state index is -1.13. The molecule has 0 aliphatic rings. The Morgan fingerprint density at radius 1 is 1.14 bits per heavy atom. The van der Waals surface area contributed by atoms with Crippen molar-refractivity contribution in [2.24, 2.45) is 11.8 Å². The molecule has 5 heteroatoms. The largest absolute Gasteiger partial charge is 0.505 e. The average Bonchev–Trinajstić information content (AvgIpc) is 2.71. The van der Waals surface area contributed by atoms with Gasteiger partial charge < -0.3 is 9.84 Å².